The number of carboxylic acids is 1. The van der Waals surface area contributed by atoms with Crippen molar-refractivity contribution in [3.8, 4) is 11.4 Å². The van der Waals surface area contributed by atoms with Crippen molar-refractivity contribution in [3.05, 3.63) is 36.5 Å². The van der Waals surface area contributed by atoms with Crippen LogP contribution >= 0.6 is 11.8 Å². The molecule has 2 aromatic heterocycles. The molecule has 21 heavy (non-hydrogen) atoms. The Morgan fingerprint density at radius 1 is 1.29 bits per heavy atom. The summed E-state index contributed by atoms with van der Waals surface area (Å²) in [6.07, 6.45) is 1.75. The van der Waals surface area contributed by atoms with E-state index in [1.54, 1.807) is 10.8 Å². The number of aromatic nitrogens is 4. The molecule has 0 saturated heterocycles. The molecule has 7 heteroatoms. The molecule has 0 unspecified atom stereocenters. The second kappa shape index (κ2) is 5.53. The summed E-state index contributed by atoms with van der Waals surface area (Å²) in [5.41, 5.74) is 1.82. The Balaban J connectivity index is 2.05. The minimum atomic E-state index is -0.876. The number of aliphatic carboxylic acids is 1. The molecule has 3 rings (SSSR count). The molecule has 0 bridgehead atoms. The van der Waals surface area contributed by atoms with Crippen molar-refractivity contribution in [2.45, 2.75) is 5.16 Å². The fraction of sp³-hybridized carbons (Fsp3) is 0.143. The summed E-state index contributed by atoms with van der Waals surface area (Å²) in [6, 6.07) is 9.68. The number of pyridine rings is 1. The molecule has 2 heterocycles. The van der Waals surface area contributed by atoms with Crippen LogP contribution in [0.2, 0.25) is 0 Å². The molecule has 0 fully saturated rings. The predicted molar refractivity (Wildman–Crippen MR) is 80.1 cm³/mol. The molecular formula is C14H12N4O2S. The molecule has 1 N–H and O–H groups in total. The standard InChI is InChI=1S/C14H12N4O2S/c1-18-13(16-17-14(18)21-8-12(19)20)10-4-2-6-11-9(10)5-3-7-15-11/h2-7H,8H2,1H3,(H,19,20). The molecule has 6 nitrogen and oxygen atoms in total. The van der Waals surface area contributed by atoms with Crippen LogP contribution in [0.4, 0.5) is 0 Å². The van der Waals surface area contributed by atoms with Crippen LogP contribution in [0.3, 0.4) is 0 Å². The predicted octanol–water partition coefficient (Wildman–Crippen LogP) is 2.21. The molecule has 1 aromatic carbocycles. The summed E-state index contributed by atoms with van der Waals surface area (Å²) in [7, 11) is 1.83. The summed E-state index contributed by atoms with van der Waals surface area (Å²) >= 11 is 1.15. The van der Waals surface area contributed by atoms with Crippen LogP contribution in [0.25, 0.3) is 22.3 Å². The van der Waals surface area contributed by atoms with E-state index < -0.39 is 5.97 Å². The minimum Gasteiger partial charge on any atom is -0.481 e. The normalized spacial score (nSPS) is 10.9. The van der Waals surface area contributed by atoms with Gasteiger partial charge in [-0.25, -0.2) is 0 Å². The first-order chi connectivity index (χ1) is 10.2. The number of thioether (sulfide) groups is 1. The third-order valence-electron chi connectivity index (χ3n) is 3.05. The van der Waals surface area contributed by atoms with Crippen LogP contribution in [0, 0.1) is 0 Å². The smallest absolute Gasteiger partial charge is 0.313 e. The first kappa shape index (κ1) is 13.6. The van der Waals surface area contributed by atoms with Gasteiger partial charge in [0.25, 0.3) is 0 Å². The molecule has 0 spiro atoms. The van der Waals surface area contributed by atoms with Crippen molar-refractivity contribution in [1.82, 2.24) is 19.7 Å². The maximum atomic E-state index is 10.6. The number of hydrogen-bond acceptors (Lipinski definition) is 5. The number of carbonyl (C=O) groups is 1. The van der Waals surface area contributed by atoms with Gasteiger partial charge in [-0.1, -0.05) is 30.0 Å². The van der Waals surface area contributed by atoms with Gasteiger partial charge in [0.1, 0.15) is 0 Å². The molecule has 0 atom stereocenters. The van der Waals surface area contributed by atoms with Crippen molar-refractivity contribution < 1.29 is 9.90 Å². The van der Waals surface area contributed by atoms with E-state index in [2.05, 4.69) is 15.2 Å². The maximum absolute atomic E-state index is 10.6. The second-order valence-electron chi connectivity index (χ2n) is 4.42. The average molecular weight is 300 g/mol. The number of rotatable bonds is 4. The number of hydrogen-bond donors (Lipinski definition) is 1. The van der Waals surface area contributed by atoms with Crippen molar-refractivity contribution >= 4 is 28.6 Å². The van der Waals surface area contributed by atoms with E-state index in [0.717, 1.165) is 28.2 Å². The molecular weight excluding hydrogens is 288 g/mol. The Hall–Kier alpha value is -2.41. The Kier molecular flexibility index (Phi) is 3.57. The van der Waals surface area contributed by atoms with Gasteiger partial charge in [-0.2, -0.15) is 0 Å². The van der Waals surface area contributed by atoms with Crippen LogP contribution in [-0.4, -0.2) is 36.6 Å². The fourth-order valence-electron chi connectivity index (χ4n) is 2.10. The van der Waals surface area contributed by atoms with Gasteiger partial charge in [0.2, 0.25) is 0 Å². The van der Waals surface area contributed by atoms with Gasteiger partial charge in [0, 0.05) is 24.2 Å². The minimum absolute atomic E-state index is 0.0386. The lowest BCUT2D eigenvalue weighted by molar-refractivity contribution is -0.133. The van der Waals surface area contributed by atoms with E-state index in [-0.39, 0.29) is 5.75 Å². The topological polar surface area (TPSA) is 80.9 Å². The highest BCUT2D eigenvalue weighted by molar-refractivity contribution is 7.99. The van der Waals surface area contributed by atoms with Crippen molar-refractivity contribution in [1.29, 1.82) is 0 Å². The van der Waals surface area contributed by atoms with E-state index >= 15 is 0 Å². The van der Waals surface area contributed by atoms with Crippen LogP contribution in [0.5, 0.6) is 0 Å². The van der Waals surface area contributed by atoms with Crippen molar-refractivity contribution in [2.24, 2.45) is 7.05 Å². The Labute approximate surface area is 124 Å². The van der Waals surface area contributed by atoms with E-state index in [4.69, 9.17) is 5.11 Å². The van der Waals surface area contributed by atoms with Crippen LogP contribution < -0.4 is 0 Å². The van der Waals surface area contributed by atoms with Gasteiger partial charge >= 0.3 is 5.97 Å². The highest BCUT2D eigenvalue weighted by Crippen LogP contribution is 2.28. The zero-order chi connectivity index (χ0) is 14.8. The largest absolute Gasteiger partial charge is 0.481 e. The molecule has 0 radical (unpaired) electrons. The lowest BCUT2D eigenvalue weighted by atomic mass is 10.1. The van der Waals surface area contributed by atoms with Gasteiger partial charge in [0.05, 0.1) is 11.3 Å². The number of fused-ring (bicyclic) bond motifs is 1. The quantitative estimate of drug-likeness (QED) is 0.744. The van der Waals surface area contributed by atoms with Gasteiger partial charge in [0.15, 0.2) is 11.0 Å². The Morgan fingerprint density at radius 2 is 2.14 bits per heavy atom. The highest BCUT2D eigenvalue weighted by atomic mass is 32.2. The zero-order valence-corrected chi connectivity index (χ0v) is 12.0. The molecule has 0 aliphatic rings. The van der Waals surface area contributed by atoms with E-state index in [9.17, 15) is 4.79 Å². The summed E-state index contributed by atoms with van der Waals surface area (Å²) in [5, 5.41) is 18.6. The van der Waals surface area contributed by atoms with Gasteiger partial charge in [-0.3, -0.25) is 9.78 Å². The zero-order valence-electron chi connectivity index (χ0n) is 11.2. The monoisotopic (exact) mass is 300 g/mol. The van der Waals surface area contributed by atoms with Crippen LogP contribution in [0.15, 0.2) is 41.7 Å². The molecule has 3 aromatic rings. The third-order valence-corrected chi connectivity index (χ3v) is 4.05. The molecule has 0 aliphatic carbocycles. The summed E-state index contributed by atoms with van der Waals surface area (Å²) in [6.45, 7) is 0. The molecule has 0 saturated carbocycles. The van der Waals surface area contributed by atoms with Crippen LogP contribution in [-0.2, 0) is 11.8 Å². The van der Waals surface area contributed by atoms with Gasteiger partial charge in [-0.15, -0.1) is 10.2 Å². The maximum Gasteiger partial charge on any atom is 0.313 e. The van der Waals surface area contributed by atoms with E-state index in [1.807, 2.05) is 37.4 Å². The van der Waals surface area contributed by atoms with Crippen molar-refractivity contribution in [2.75, 3.05) is 5.75 Å². The Morgan fingerprint density at radius 3 is 2.95 bits per heavy atom. The fourth-order valence-corrected chi connectivity index (χ4v) is 2.73. The lowest BCUT2D eigenvalue weighted by Crippen LogP contribution is -2.01. The average Bonchev–Trinajstić information content (AvgIpc) is 2.85. The molecule has 106 valence electrons. The lowest BCUT2D eigenvalue weighted by Gasteiger charge is -2.06. The van der Waals surface area contributed by atoms with E-state index in [0.29, 0.717) is 11.0 Å². The Bertz CT molecular complexity index is 810. The summed E-state index contributed by atoms with van der Waals surface area (Å²) < 4.78 is 1.80. The second-order valence-corrected chi connectivity index (χ2v) is 5.37. The van der Waals surface area contributed by atoms with E-state index in [1.165, 1.54) is 0 Å². The number of nitrogens with zero attached hydrogens (tertiary/aromatic N) is 4. The number of carboxylic acid groups (broad SMARTS) is 1. The third kappa shape index (κ3) is 2.59. The van der Waals surface area contributed by atoms with Crippen molar-refractivity contribution in [3.63, 3.8) is 0 Å². The van der Waals surface area contributed by atoms with Gasteiger partial charge < -0.3 is 9.67 Å². The molecule has 0 amide bonds. The summed E-state index contributed by atoms with van der Waals surface area (Å²) in [5.74, 6) is -0.219. The first-order valence-corrected chi connectivity index (χ1v) is 7.23. The summed E-state index contributed by atoms with van der Waals surface area (Å²) in [4.78, 5) is 15.0. The number of benzene rings is 1. The SMILES string of the molecule is Cn1c(SCC(=O)O)nnc1-c1cccc2ncccc12. The van der Waals surface area contributed by atoms with Gasteiger partial charge in [-0.05, 0) is 12.1 Å². The van der Waals surface area contributed by atoms with Crippen LogP contribution in [0.1, 0.15) is 0 Å². The molecule has 0 aliphatic heterocycles. The first-order valence-electron chi connectivity index (χ1n) is 6.25. The highest BCUT2D eigenvalue weighted by Gasteiger charge is 2.14.